The molecule has 0 saturated carbocycles. The summed E-state index contributed by atoms with van der Waals surface area (Å²) in [6.45, 7) is 0.0472. The topological polar surface area (TPSA) is 73.8 Å². The zero-order valence-corrected chi connectivity index (χ0v) is 30.2. The molecule has 0 saturated heterocycles. The van der Waals surface area contributed by atoms with E-state index in [-0.39, 0.29) is 13.6 Å². The van der Waals surface area contributed by atoms with E-state index in [1.165, 1.54) is 0 Å². The average Bonchev–Trinajstić information content (AvgIpc) is 3.21. The molecule has 0 atom stereocenters. The number of ether oxygens (including phenoxy) is 8. The van der Waals surface area contributed by atoms with Gasteiger partial charge in [-0.25, -0.2) is 0 Å². The van der Waals surface area contributed by atoms with Crippen molar-refractivity contribution in [2.24, 2.45) is 0 Å². The number of hydrogen-bond donors (Lipinski definition) is 0. The molecule has 0 heterocycles. The first-order valence-electron chi connectivity index (χ1n) is 16.7. The van der Waals surface area contributed by atoms with Gasteiger partial charge in [-0.05, 0) is 106 Å². The summed E-state index contributed by atoms with van der Waals surface area (Å²) < 4.78 is 46.0. The van der Waals surface area contributed by atoms with E-state index in [1.54, 1.807) is 42.7 Å². The van der Waals surface area contributed by atoms with Crippen molar-refractivity contribution in [1.29, 1.82) is 0 Å². The molecule has 0 bridgehead atoms. The Labute approximate surface area is 305 Å². The van der Waals surface area contributed by atoms with E-state index in [9.17, 15) is 0 Å². The lowest BCUT2D eigenvalue weighted by atomic mass is 9.88. The average molecular weight is 699 g/mol. The molecule has 0 fully saturated rings. The van der Waals surface area contributed by atoms with Crippen molar-refractivity contribution in [3.63, 3.8) is 0 Å². The van der Waals surface area contributed by atoms with Gasteiger partial charge in [0.05, 0.1) is 28.4 Å². The summed E-state index contributed by atoms with van der Waals surface area (Å²) in [5.41, 5.74) is 9.11. The number of rotatable bonds is 15. The number of methoxy groups -OCH3 is 6. The molecule has 0 N–H and O–H groups in total. The number of hydrogen-bond acceptors (Lipinski definition) is 8. The minimum atomic E-state index is 0.0236. The van der Waals surface area contributed by atoms with Gasteiger partial charge in [-0.15, -0.1) is 0 Å². The molecule has 0 aliphatic rings. The van der Waals surface area contributed by atoms with Crippen LogP contribution in [-0.4, -0.2) is 56.2 Å². The minimum Gasteiger partial charge on any atom is -0.497 e. The van der Waals surface area contributed by atoms with Crippen molar-refractivity contribution in [2.75, 3.05) is 56.2 Å². The maximum Gasteiger partial charge on any atom is 0.188 e. The first-order valence-corrected chi connectivity index (χ1v) is 16.7. The van der Waals surface area contributed by atoms with E-state index < -0.39 is 0 Å². The summed E-state index contributed by atoms with van der Waals surface area (Å²) in [6.07, 6.45) is 0. The molecule has 52 heavy (non-hydrogen) atoms. The highest BCUT2D eigenvalue weighted by molar-refractivity contribution is 5.95. The summed E-state index contributed by atoms with van der Waals surface area (Å²) in [5.74, 6) is 4.29. The molecule has 8 nitrogen and oxygen atoms in total. The van der Waals surface area contributed by atoms with Crippen LogP contribution in [0.5, 0.6) is 34.5 Å². The van der Waals surface area contributed by atoms with Crippen LogP contribution < -0.4 is 28.4 Å². The standard InChI is InChI=1S/C44H42O8/c1-45-27-51-43-39(31-11-19-37(49-5)20-12-31)23-33(29-7-15-35(47-3)16-8-29)25-41(43)42-26-34(30-9-17-36(48-4)18-10-30)24-40(44(42)52-28-46-2)32-13-21-38(50-6)22-14-32/h7-26H,27-28H2,1-6H3. The Morgan fingerprint density at radius 2 is 0.577 bits per heavy atom. The van der Waals surface area contributed by atoms with Crippen molar-refractivity contribution in [1.82, 2.24) is 0 Å². The van der Waals surface area contributed by atoms with Gasteiger partial charge < -0.3 is 37.9 Å². The van der Waals surface area contributed by atoms with Gasteiger partial charge in [0.2, 0.25) is 0 Å². The fourth-order valence-corrected chi connectivity index (χ4v) is 6.07. The zero-order chi connectivity index (χ0) is 36.5. The van der Waals surface area contributed by atoms with Crippen LogP contribution in [0.25, 0.3) is 55.6 Å². The van der Waals surface area contributed by atoms with Crippen LogP contribution in [0.15, 0.2) is 121 Å². The van der Waals surface area contributed by atoms with Crippen LogP contribution in [0.3, 0.4) is 0 Å². The summed E-state index contributed by atoms with van der Waals surface area (Å²) in [6, 6.07) is 40.4. The Bertz CT molecular complexity index is 1920. The van der Waals surface area contributed by atoms with Crippen LogP contribution in [0.1, 0.15) is 0 Å². The summed E-state index contributed by atoms with van der Waals surface area (Å²) in [4.78, 5) is 0. The fourth-order valence-electron chi connectivity index (χ4n) is 6.07. The Balaban J connectivity index is 1.71. The smallest absolute Gasteiger partial charge is 0.188 e. The largest absolute Gasteiger partial charge is 0.497 e. The predicted molar refractivity (Wildman–Crippen MR) is 205 cm³/mol. The predicted octanol–water partition coefficient (Wildman–Crippen LogP) is 10.0. The van der Waals surface area contributed by atoms with Crippen molar-refractivity contribution in [3.8, 4) is 90.1 Å². The first kappa shape index (κ1) is 35.9. The molecule has 0 spiro atoms. The van der Waals surface area contributed by atoms with Crippen molar-refractivity contribution >= 4 is 0 Å². The molecule has 0 aromatic heterocycles. The highest BCUT2D eigenvalue weighted by atomic mass is 16.7. The molecule has 0 amide bonds. The van der Waals surface area contributed by atoms with Gasteiger partial charge in [0.1, 0.15) is 34.5 Å². The molecule has 8 heteroatoms. The molecule has 6 aromatic rings. The molecule has 0 unspecified atom stereocenters. The molecule has 6 rings (SSSR count). The lowest BCUT2D eigenvalue weighted by molar-refractivity contribution is 0.0505. The van der Waals surface area contributed by atoms with Gasteiger partial charge in [0.15, 0.2) is 13.6 Å². The van der Waals surface area contributed by atoms with Crippen LogP contribution in [0, 0.1) is 0 Å². The molecule has 6 aromatic carbocycles. The van der Waals surface area contributed by atoms with Crippen LogP contribution in [0.2, 0.25) is 0 Å². The highest BCUT2D eigenvalue weighted by Crippen LogP contribution is 2.50. The molecule has 0 aliphatic heterocycles. The second-order valence-electron chi connectivity index (χ2n) is 11.8. The monoisotopic (exact) mass is 698 g/mol. The van der Waals surface area contributed by atoms with Crippen LogP contribution in [-0.2, 0) is 9.47 Å². The van der Waals surface area contributed by atoms with Crippen molar-refractivity contribution in [2.45, 2.75) is 0 Å². The lowest BCUT2D eigenvalue weighted by Crippen LogP contribution is -2.06. The van der Waals surface area contributed by atoms with Gasteiger partial charge in [-0.1, -0.05) is 48.5 Å². The molecule has 0 aliphatic carbocycles. The first-order chi connectivity index (χ1) is 25.5. The second kappa shape index (κ2) is 16.8. The Morgan fingerprint density at radius 3 is 0.846 bits per heavy atom. The van der Waals surface area contributed by atoms with Crippen molar-refractivity contribution < 1.29 is 37.9 Å². The fraction of sp³-hybridized carbons (Fsp3) is 0.182. The molecular formula is C44H42O8. The summed E-state index contributed by atoms with van der Waals surface area (Å²) >= 11 is 0. The Morgan fingerprint density at radius 1 is 0.308 bits per heavy atom. The molecular weight excluding hydrogens is 656 g/mol. The van der Waals surface area contributed by atoms with Gasteiger partial charge in [-0.3, -0.25) is 0 Å². The number of benzene rings is 6. The lowest BCUT2D eigenvalue weighted by Gasteiger charge is -2.23. The third-order valence-electron chi connectivity index (χ3n) is 8.76. The second-order valence-corrected chi connectivity index (χ2v) is 11.8. The third kappa shape index (κ3) is 7.84. The third-order valence-corrected chi connectivity index (χ3v) is 8.76. The van der Waals surface area contributed by atoms with Crippen LogP contribution >= 0.6 is 0 Å². The zero-order valence-electron chi connectivity index (χ0n) is 30.2. The van der Waals surface area contributed by atoms with E-state index in [1.807, 2.05) is 97.1 Å². The van der Waals surface area contributed by atoms with Gasteiger partial charge in [0, 0.05) is 36.5 Å². The Hall–Kier alpha value is -5.96. The van der Waals surface area contributed by atoms with E-state index in [2.05, 4.69) is 24.3 Å². The molecule has 266 valence electrons. The normalized spacial score (nSPS) is 10.8. The van der Waals surface area contributed by atoms with Crippen LogP contribution in [0.4, 0.5) is 0 Å². The quantitative estimate of drug-likeness (QED) is 0.0982. The molecule has 0 radical (unpaired) electrons. The minimum absolute atomic E-state index is 0.0236. The van der Waals surface area contributed by atoms with Gasteiger partial charge in [-0.2, -0.15) is 0 Å². The maximum absolute atomic E-state index is 6.53. The maximum atomic E-state index is 6.53. The van der Waals surface area contributed by atoms with E-state index >= 15 is 0 Å². The van der Waals surface area contributed by atoms with E-state index in [0.29, 0.717) is 11.5 Å². The van der Waals surface area contributed by atoms with Crippen molar-refractivity contribution in [3.05, 3.63) is 121 Å². The van der Waals surface area contributed by atoms with Gasteiger partial charge >= 0.3 is 0 Å². The van der Waals surface area contributed by atoms with E-state index in [0.717, 1.165) is 78.6 Å². The summed E-state index contributed by atoms with van der Waals surface area (Å²) in [5, 5.41) is 0. The summed E-state index contributed by atoms with van der Waals surface area (Å²) in [7, 11) is 9.85. The SMILES string of the molecule is COCOc1c(-c2ccc(OC)cc2)cc(-c2ccc(OC)cc2)cc1-c1cc(-c2ccc(OC)cc2)cc(-c2ccc(OC)cc2)c1OCOC. The Kier molecular flexibility index (Phi) is 11.6. The van der Waals surface area contributed by atoms with Gasteiger partial charge in [0.25, 0.3) is 0 Å². The van der Waals surface area contributed by atoms with E-state index in [4.69, 9.17) is 37.9 Å². The highest BCUT2D eigenvalue weighted by Gasteiger charge is 2.24.